The second-order valence-electron chi connectivity index (χ2n) is 5.68. The van der Waals surface area contributed by atoms with Crippen LogP contribution in [0.3, 0.4) is 0 Å². The Morgan fingerprint density at radius 3 is 2.80 bits per heavy atom. The summed E-state index contributed by atoms with van der Waals surface area (Å²) in [5.41, 5.74) is -0.0198. The summed E-state index contributed by atoms with van der Waals surface area (Å²) < 4.78 is 0. The van der Waals surface area contributed by atoms with Crippen molar-refractivity contribution >= 4 is 11.8 Å². The molecular formula is C14H18N4O2. The predicted molar refractivity (Wildman–Crippen MR) is 71.9 cm³/mol. The van der Waals surface area contributed by atoms with Crippen LogP contribution in [0.2, 0.25) is 0 Å². The van der Waals surface area contributed by atoms with E-state index in [1.54, 1.807) is 16.0 Å². The Hall–Kier alpha value is -1.98. The molecule has 1 aromatic rings. The van der Waals surface area contributed by atoms with Crippen LogP contribution >= 0.6 is 0 Å². The first-order valence-corrected chi connectivity index (χ1v) is 6.93. The molecule has 6 nitrogen and oxygen atoms in total. The largest absolute Gasteiger partial charge is 0.345 e. The number of hydrogen-bond donors (Lipinski definition) is 0. The molecule has 0 radical (unpaired) electrons. The molecule has 2 aliphatic rings. The van der Waals surface area contributed by atoms with Crippen LogP contribution in [-0.2, 0) is 4.79 Å². The molecule has 1 spiro atoms. The molecule has 3 rings (SSSR count). The summed E-state index contributed by atoms with van der Waals surface area (Å²) in [4.78, 5) is 36.3. The number of likely N-dealkylation sites (tertiary alicyclic amines) is 2. The van der Waals surface area contributed by atoms with Gasteiger partial charge in [0.25, 0.3) is 5.91 Å². The average Bonchev–Trinajstić information content (AvgIpc) is 2.76. The minimum Gasteiger partial charge on any atom is -0.345 e. The second kappa shape index (κ2) is 4.85. The third-order valence-corrected chi connectivity index (χ3v) is 4.37. The maximum Gasteiger partial charge on any atom is 0.274 e. The first kappa shape index (κ1) is 13.0. The van der Waals surface area contributed by atoms with Gasteiger partial charge in [-0.15, -0.1) is 0 Å². The first-order valence-electron chi connectivity index (χ1n) is 6.93. The molecule has 1 aromatic heterocycles. The van der Waals surface area contributed by atoms with Gasteiger partial charge in [0.1, 0.15) is 5.69 Å². The number of piperidine rings is 1. The van der Waals surface area contributed by atoms with Crippen molar-refractivity contribution in [3.8, 4) is 0 Å². The van der Waals surface area contributed by atoms with E-state index in [1.165, 1.54) is 12.4 Å². The van der Waals surface area contributed by atoms with E-state index in [-0.39, 0.29) is 17.2 Å². The first-order chi connectivity index (χ1) is 9.62. The third-order valence-electron chi connectivity index (χ3n) is 4.37. The van der Waals surface area contributed by atoms with Gasteiger partial charge in [0, 0.05) is 39.1 Å². The summed E-state index contributed by atoms with van der Waals surface area (Å²) in [5, 5.41) is 0. The Bertz CT molecular complexity index is 529. The molecule has 2 aliphatic heterocycles. The lowest BCUT2D eigenvalue weighted by molar-refractivity contribution is -0.137. The summed E-state index contributed by atoms with van der Waals surface area (Å²) in [7, 11) is 1.83. The van der Waals surface area contributed by atoms with Crippen molar-refractivity contribution in [2.45, 2.75) is 19.3 Å². The van der Waals surface area contributed by atoms with Gasteiger partial charge < -0.3 is 9.80 Å². The fourth-order valence-electron chi connectivity index (χ4n) is 3.25. The zero-order valence-electron chi connectivity index (χ0n) is 11.6. The van der Waals surface area contributed by atoms with E-state index in [0.29, 0.717) is 18.8 Å². The molecule has 2 amide bonds. The zero-order chi connectivity index (χ0) is 14.2. The van der Waals surface area contributed by atoms with Gasteiger partial charge in [-0.2, -0.15) is 0 Å². The molecule has 2 saturated heterocycles. The molecule has 1 atom stereocenters. The van der Waals surface area contributed by atoms with E-state index < -0.39 is 0 Å². The number of hydrogen-bond acceptors (Lipinski definition) is 4. The SMILES string of the molecule is CN1CC[C@@]2(CCCN(C(=O)c3cnccn3)C2)C1=O. The quantitative estimate of drug-likeness (QED) is 0.750. The molecule has 2 fully saturated rings. The molecule has 0 aliphatic carbocycles. The van der Waals surface area contributed by atoms with Crippen LogP contribution in [0.25, 0.3) is 0 Å². The van der Waals surface area contributed by atoms with E-state index in [4.69, 9.17) is 0 Å². The summed E-state index contributed by atoms with van der Waals surface area (Å²) in [6, 6.07) is 0. The summed E-state index contributed by atoms with van der Waals surface area (Å²) in [6.45, 7) is 1.98. The van der Waals surface area contributed by atoms with E-state index in [1.807, 2.05) is 7.05 Å². The van der Waals surface area contributed by atoms with Crippen molar-refractivity contribution in [1.29, 1.82) is 0 Å². The highest BCUT2D eigenvalue weighted by Crippen LogP contribution is 2.39. The molecule has 6 heteroatoms. The topological polar surface area (TPSA) is 66.4 Å². The van der Waals surface area contributed by atoms with Crippen molar-refractivity contribution < 1.29 is 9.59 Å². The molecule has 0 aromatic carbocycles. The highest BCUT2D eigenvalue weighted by atomic mass is 16.2. The van der Waals surface area contributed by atoms with Crippen molar-refractivity contribution in [2.24, 2.45) is 5.41 Å². The minimum atomic E-state index is -0.370. The van der Waals surface area contributed by atoms with Crippen LogP contribution in [0.15, 0.2) is 18.6 Å². The molecule has 3 heterocycles. The molecule has 106 valence electrons. The fourth-order valence-corrected chi connectivity index (χ4v) is 3.25. The summed E-state index contributed by atoms with van der Waals surface area (Å²) >= 11 is 0. The van der Waals surface area contributed by atoms with Crippen LogP contribution in [-0.4, -0.2) is 58.3 Å². The molecule has 0 unspecified atom stereocenters. The van der Waals surface area contributed by atoms with Crippen LogP contribution in [0.4, 0.5) is 0 Å². The van der Waals surface area contributed by atoms with Crippen molar-refractivity contribution in [3.63, 3.8) is 0 Å². The Labute approximate surface area is 117 Å². The molecule has 0 saturated carbocycles. The number of aromatic nitrogens is 2. The van der Waals surface area contributed by atoms with Crippen LogP contribution in [0.5, 0.6) is 0 Å². The van der Waals surface area contributed by atoms with Crippen LogP contribution < -0.4 is 0 Å². The Morgan fingerprint density at radius 1 is 1.30 bits per heavy atom. The van der Waals surface area contributed by atoms with Gasteiger partial charge in [0.05, 0.1) is 11.6 Å². The smallest absolute Gasteiger partial charge is 0.274 e. The molecule has 0 N–H and O–H groups in total. The third kappa shape index (κ3) is 2.05. The maximum atomic E-state index is 12.4. The van der Waals surface area contributed by atoms with Gasteiger partial charge in [0.15, 0.2) is 0 Å². The van der Waals surface area contributed by atoms with Gasteiger partial charge in [-0.3, -0.25) is 14.6 Å². The Kier molecular flexibility index (Phi) is 3.16. The lowest BCUT2D eigenvalue weighted by Gasteiger charge is -2.38. The van der Waals surface area contributed by atoms with Gasteiger partial charge in [-0.05, 0) is 19.3 Å². The molecule has 20 heavy (non-hydrogen) atoms. The fraction of sp³-hybridized carbons (Fsp3) is 0.571. The average molecular weight is 274 g/mol. The normalized spacial score (nSPS) is 26.4. The van der Waals surface area contributed by atoms with E-state index in [9.17, 15) is 9.59 Å². The summed E-state index contributed by atoms with van der Waals surface area (Å²) in [6.07, 6.45) is 7.12. The van der Waals surface area contributed by atoms with Gasteiger partial charge in [0.2, 0.25) is 5.91 Å². The van der Waals surface area contributed by atoms with Crippen molar-refractivity contribution in [3.05, 3.63) is 24.3 Å². The maximum absolute atomic E-state index is 12.4. The van der Waals surface area contributed by atoms with E-state index in [0.717, 1.165) is 25.8 Å². The summed E-state index contributed by atoms with van der Waals surface area (Å²) in [5.74, 6) is 0.0497. The van der Waals surface area contributed by atoms with Crippen molar-refractivity contribution in [1.82, 2.24) is 19.8 Å². The van der Waals surface area contributed by atoms with Crippen LogP contribution in [0.1, 0.15) is 29.8 Å². The van der Waals surface area contributed by atoms with Crippen LogP contribution in [0, 0.1) is 5.41 Å². The highest BCUT2D eigenvalue weighted by molar-refractivity contribution is 5.93. The van der Waals surface area contributed by atoms with E-state index >= 15 is 0 Å². The minimum absolute atomic E-state index is 0.125. The number of amides is 2. The van der Waals surface area contributed by atoms with E-state index in [2.05, 4.69) is 9.97 Å². The van der Waals surface area contributed by atoms with Gasteiger partial charge in [-0.1, -0.05) is 0 Å². The lowest BCUT2D eigenvalue weighted by atomic mass is 9.78. The second-order valence-corrected chi connectivity index (χ2v) is 5.68. The van der Waals surface area contributed by atoms with Gasteiger partial charge >= 0.3 is 0 Å². The van der Waals surface area contributed by atoms with Crippen molar-refractivity contribution in [2.75, 3.05) is 26.7 Å². The lowest BCUT2D eigenvalue weighted by Crippen LogP contribution is -2.49. The number of carbonyl (C=O) groups is 2. The standard InChI is InChI=1S/C14H18N4O2/c1-17-8-4-14(13(17)20)3-2-7-18(10-14)12(19)11-9-15-5-6-16-11/h5-6,9H,2-4,7-8,10H2,1H3/t14-/m1/s1. The van der Waals surface area contributed by atoms with Gasteiger partial charge in [-0.25, -0.2) is 4.98 Å². The number of rotatable bonds is 1. The predicted octanol–water partition coefficient (Wildman–Crippen LogP) is 0.561. The molecule has 0 bridgehead atoms. The monoisotopic (exact) mass is 274 g/mol. The Balaban J connectivity index is 1.79. The Morgan fingerprint density at radius 2 is 2.15 bits per heavy atom. The highest BCUT2D eigenvalue weighted by Gasteiger charge is 2.48. The number of nitrogens with zero attached hydrogens (tertiary/aromatic N) is 4. The number of carbonyl (C=O) groups excluding carboxylic acids is 2. The molecular weight excluding hydrogens is 256 g/mol. The zero-order valence-corrected chi connectivity index (χ0v) is 11.6.